The van der Waals surface area contributed by atoms with Crippen molar-refractivity contribution >= 4 is 0 Å². The molecule has 0 amide bonds. The highest BCUT2D eigenvalue weighted by molar-refractivity contribution is 5.76. The maximum Gasteiger partial charge on any atom is 0.202 e. The first-order chi connectivity index (χ1) is 15.7. The van der Waals surface area contributed by atoms with Gasteiger partial charge in [-0.15, -0.1) is 0 Å². The Kier molecular flexibility index (Phi) is 5.64. The van der Waals surface area contributed by atoms with Crippen molar-refractivity contribution in [2.45, 2.75) is 38.5 Å². The Morgan fingerprint density at radius 2 is 1.66 bits per heavy atom. The van der Waals surface area contributed by atoms with E-state index in [1.54, 1.807) is 6.07 Å². The number of hydrogen-bond acceptors (Lipinski definition) is 3. The third-order valence-electron chi connectivity index (χ3n) is 6.30. The molecule has 0 saturated heterocycles. The maximum atomic E-state index is 9.99. The fourth-order valence-corrected chi connectivity index (χ4v) is 4.55. The van der Waals surface area contributed by atoms with E-state index in [1.165, 1.54) is 11.1 Å². The monoisotopic (exact) mass is 421 g/mol. The Balaban J connectivity index is 1.56. The lowest BCUT2D eigenvalue weighted by molar-refractivity contribution is 0.446. The molecular formula is C29H27NO2. The third kappa shape index (κ3) is 4.11. The molecule has 1 atom stereocenters. The molecule has 0 bridgehead atoms. The minimum absolute atomic E-state index is 0.144. The Morgan fingerprint density at radius 3 is 2.41 bits per heavy atom. The van der Waals surface area contributed by atoms with Gasteiger partial charge in [-0.2, -0.15) is 0 Å². The molecule has 1 aliphatic rings. The van der Waals surface area contributed by atoms with E-state index in [0.29, 0.717) is 5.75 Å². The minimum Gasteiger partial charge on any atom is -0.508 e. The lowest BCUT2D eigenvalue weighted by Crippen LogP contribution is -2.10. The number of aryl methyl sites for hydroxylation is 1. The molecule has 3 nitrogen and oxygen atoms in total. The van der Waals surface area contributed by atoms with Crippen molar-refractivity contribution in [1.82, 2.24) is 4.98 Å². The van der Waals surface area contributed by atoms with Gasteiger partial charge in [0.1, 0.15) is 11.4 Å². The van der Waals surface area contributed by atoms with Crippen LogP contribution in [0.15, 0.2) is 94.9 Å². The van der Waals surface area contributed by atoms with Crippen LogP contribution in [-0.4, -0.2) is 10.1 Å². The summed E-state index contributed by atoms with van der Waals surface area (Å²) in [4.78, 5) is 5.06. The predicted octanol–water partition coefficient (Wildman–Crippen LogP) is 7.46. The second-order valence-electron chi connectivity index (χ2n) is 8.51. The van der Waals surface area contributed by atoms with E-state index < -0.39 is 0 Å². The first-order valence-corrected chi connectivity index (χ1v) is 11.3. The number of phenols is 1. The Labute approximate surface area is 189 Å². The lowest BCUT2D eigenvalue weighted by Gasteiger charge is -2.22. The van der Waals surface area contributed by atoms with E-state index in [-0.39, 0.29) is 5.92 Å². The largest absolute Gasteiger partial charge is 0.508 e. The van der Waals surface area contributed by atoms with Gasteiger partial charge in [-0.25, -0.2) is 4.98 Å². The predicted molar refractivity (Wildman–Crippen MR) is 129 cm³/mol. The summed E-state index contributed by atoms with van der Waals surface area (Å²) in [6.07, 6.45) is 6.35. The number of aromatic hydroxyl groups is 1. The molecular weight excluding hydrogens is 394 g/mol. The number of rotatable bonds is 5. The summed E-state index contributed by atoms with van der Waals surface area (Å²) in [7, 11) is 0. The zero-order chi connectivity index (χ0) is 21.9. The molecule has 0 fully saturated rings. The molecule has 0 saturated carbocycles. The number of allylic oxidation sites excluding steroid dienone is 2. The number of nitrogens with zero attached hydrogens (tertiary/aromatic N) is 1. The second-order valence-corrected chi connectivity index (χ2v) is 8.51. The number of phenolic OH excluding ortho intramolecular Hbond substituents is 1. The molecule has 3 aromatic carbocycles. The number of oxazole rings is 1. The van der Waals surface area contributed by atoms with E-state index in [9.17, 15) is 5.11 Å². The van der Waals surface area contributed by atoms with Gasteiger partial charge in [-0.3, -0.25) is 0 Å². The maximum absolute atomic E-state index is 9.99. The van der Waals surface area contributed by atoms with Crippen LogP contribution in [0.5, 0.6) is 5.75 Å². The van der Waals surface area contributed by atoms with Crippen LogP contribution < -0.4 is 0 Å². The highest BCUT2D eigenvalue weighted by atomic mass is 16.4. The average molecular weight is 422 g/mol. The van der Waals surface area contributed by atoms with Gasteiger partial charge in [0.05, 0.1) is 5.92 Å². The molecule has 0 radical (unpaired) electrons. The van der Waals surface area contributed by atoms with Crippen molar-refractivity contribution in [2.24, 2.45) is 0 Å². The summed E-state index contributed by atoms with van der Waals surface area (Å²) >= 11 is 0. The molecule has 4 aromatic rings. The van der Waals surface area contributed by atoms with Gasteiger partial charge in [0.2, 0.25) is 5.89 Å². The molecule has 0 spiro atoms. The summed E-state index contributed by atoms with van der Waals surface area (Å²) < 4.78 is 6.52. The van der Waals surface area contributed by atoms with Crippen molar-refractivity contribution in [3.63, 3.8) is 0 Å². The van der Waals surface area contributed by atoms with E-state index in [2.05, 4.69) is 37.3 Å². The fraction of sp³-hybridized carbons (Fsp3) is 0.207. The van der Waals surface area contributed by atoms with Crippen LogP contribution in [0, 0.1) is 6.92 Å². The van der Waals surface area contributed by atoms with Crippen molar-refractivity contribution in [3.05, 3.63) is 108 Å². The zero-order valence-corrected chi connectivity index (χ0v) is 18.3. The van der Waals surface area contributed by atoms with Gasteiger partial charge >= 0.3 is 0 Å². The van der Waals surface area contributed by atoms with E-state index in [1.807, 2.05) is 48.5 Å². The van der Waals surface area contributed by atoms with Crippen LogP contribution in [0.2, 0.25) is 0 Å². The summed E-state index contributed by atoms with van der Waals surface area (Å²) in [6.45, 7) is 2.10. The van der Waals surface area contributed by atoms with Gasteiger partial charge in [0.15, 0.2) is 5.76 Å². The molecule has 1 aromatic heterocycles. The number of hydrogen-bond donors (Lipinski definition) is 1. The highest BCUT2D eigenvalue weighted by Crippen LogP contribution is 2.41. The molecule has 5 rings (SSSR count). The van der Waals surface area contributed by atoms with Crippen molar-refractivity contribution in [1.29, 1.82) is 0 Å². The Bertz CT molecular complexity index is 1180. The standard InChI is InChI=1S/C29H27NO2/c1-20-16-17-25(31)19-24(20)18-23-14-8-9-15-26(23)29-30-27(21-10-4-2-5-11-21)28(32-29)22-12-6-3-7-13-22/h2-7,10-14,16-17,19,26,31H,8-9,15,18H2,1H3. The summed E-state index contributed by atoms with van der Waals surface area (Å²) in [5.41, 5.74) is 6.66. The highest BCUT2D eigenvalue weighted by Gasteiger charge is 2.27. The SMILES string of the molecule is Cc1ccc(O)cc1CC1=CCCCC1c1nc(-c2ccccc2)c(-c2ccccc2)o1. The van der Waals surface area contributed by atoms with E-state index >= 15 is 0 Å². The number of aromatic nitrogens is 1. The average Bonchev–Trinajstić information content (AvgIpc) is 3.28. The normalized spacial score (nSPS) is 16.0. The van der Waals surface area contributed by atoms with Gasteiger partial charge in [0, 0.05) is 11.1 Å². The van der Waals surface area contributed by atoms with Crippen LogP contribution in [0.4, 0.5) is 0 Å². The number of benzene rings is 3. The molecule has 3 heteroatoms. The fourth-order valence-electron chi connectivity index (χ4n) is 4.55. The first kappa shape index (κ1) is 20.3. The van der Waals surface area contributed by atoms with Crippen LogP contribution in [0.1, 0.15) is 42.2 Å². The summed E-state index contributed by atoms with van der Waals surface area (Å²) in [5, 5.41) is 9.99. The van der Waals surface area contributed by atoms with Gasteiger partial charge in [-0.1, -0.05) is 78.4 Å². The zero-order valence-electron chi connectivity index (χ0n) is 18.3. The van der Waals surface area contributed by atoms with Crippen molar-refractivity contribution in [2.75, 3.05) is 0 Å². The second kappa shape index (κ2) is 8.88. The molecule has 1 heterocycles. The first-order valence-electron chi connectivity index (χ1n) is 11.3. The quantitative estimate of drug-likeness (QED) is 0.340. The summed E-state index contributed by atoms with van der Waals surface area (Å²) in [6, 6.07) is 26.1. The molecule has 160 valence electrons. The smallest absolute Gasteiger partial charge is 0.202 e. The van der Waals surface area contributed by atoms with E-state index in [4.69, 9.17) is 9.40 Å². The molecule has 1 N–H and O–H groups in total. The van der Waals surface area contributed by atoms with E-state index in [0.717, 1.165) is 59.7 Å². The van der Waals surface area contributed by atoms with Gasteiger partial charge in [0.25, 0.3) is 0 Å². The minimum atomic E-state index is 0.144. The van der Waals surface area contributed by atoms with Crippen LogP contribution >= 0.6 is 0 Å². The molecule has 32 heavy (non-hydrogen) atoms. The lowest BCUT2D eigenvalue weighted by atomic mass is 9.83. The van der Waals surface area contributed by atoms with Gasteiger partial charge < -0.3 is 9.52 Å². The molecule has 1 aliphatic carbocycles. The van der Waals surface area contributed by atoms with Crippen molar-refractivity contribution in [3.8, 4) is 28.3 Å². The Morgan fingerprint density at radius 1 is 0.938 bits per heavy atom. The third-order valence-corrected chi connectivity index (χ3v) is 6.30. The topological polar surface area (TPSA) is 46.3 Å². The van der Waals surface area contributed by atoms with Crippen LogP contribution in [0.3, 0.4) is 0 Å². The van der Waals surface area contributed by atoms with Crippen molar-refractivity contribution < 1.29 is 9.52 Å². The molecule has 1 unspecified atom stereocenters. The van der Waals surface area contributed by atoms with Crippen LogP contribution in [-0.2, 0) is 6.42 Å². The summed E-state index contributed by atoms with van der Waals surface area (Å²) in [5.74, 6) is 2.06. The van der Waals surface area contributed by atoms with Gasteiger partial charge in [-0.05, 0) is 55.9 Å². The Hall–Kier alpha value is -3.59. The molecule has 0 aliphatic heterocycles. The van der Waals surface area contributed by atoms with Crippen LogP contribution in [0.25, 0.3) is 22.6 Å².